The second-order valence-corrected chi connectivity index (χ2v) is 5.59. The molecule has 5 nitrogen and oxygen atoms in total. The number of nitrogens with one attached hydrogen (secondary N) is 2. The predicted molar refractivity (Wildman–Crippen MR) is 74.9 cm³/mol. The molecule has 0 unspecified atom stereocenters. The molecular weight excluding hydrogens is 310 g/mol. The molecule has 0 heterocycles. The van der Waals surface area contributed by atoms with Crippen molar-refractivity contribution in [3.63, 3.8) is 0 Å². The van der Waals surface area contributed by atoms with Gasteiger partial charge < -0.3 is 15.7 Å². The molecule has 2 amide bonds. The van der Waals surface area contributed by atoms with Gasteiger partial charge in [-0.05, 0) is 26.0 Å². The summed E-state index contributed by atoms with van der Waals surface area (Å²) in [6.45, 7) is 3.10. The van der Waals surface area contributed by atoms with Crippen LogP contribution in [0, 0.1) is 5.82 Å². The van der Waals surface area contributed by atoms with E-state index in [0.717, 1.165) is 12.1 Å². The molecule has 110 valence electrons. The van der Waals surface area contributed by atoms with Crippen LogP contribution in [0.2, 0.25) is 10.0 Å². The van der Waals surface area contributed by atoms with E-state index in [1.807, 2.05) is 0 Å². The number of urea groups is 1. The summed E-state index contributed by atoms with van der Waals surface area (Å²) in [6, 6.07) is 1.32. The van der Waals surface area contributed by atoms with Crippen molar-refractivity contribution < 1.29 is 19.1 Å². The van der Waals surface area contributed by atoms with Crippen LogP contribution in [-0.4, -0.2) is 22.6 Å². The van der Waals surface area contributed by atoms with Crippen LogP contribution in [0.1, 0.15) is 20.3 Å². The third-order valence-corrected chi connectivity index (χ3v) is 2.89. The molecule has 1 rings (SSSR count). The standard InChI is InChI=1S/C12H13Cl2FN2O3/c1-12(2,5-9(18)19)17-11(20)16-10-7(13)3-6(15)4-8(10)14/h3-4H,5H2,1-2H3,(H,18,19)(H2,16,17,20). The first-order valence-corrected chi connectivity index (χ1v) is 6.32. The molecule has 0 aliphatic carbocycles. The van der Waals surface area contributed by atoms with Gasteiger partial charge in [0, 0.05) is 5.54 Å². The van der Waals surface area contributed by atoms with Crippen molar-refractivity contribution in [2.24, 2.45) is 0 Å². The Morgan fingerprint density at radius 1 is 1.30 bits per heavy atom. The van der Waals surface area contributed by atoms with Crippen LogP contribution in [0.3, 0.4) is 0 Å². The Labute approximate surface area is 125 Å². The van der Waals surface area contributed by atoms with Gasteiger partial charge in [0.25, 0.3) is 0 Å². The van der Waals surface area contributed by atoms with Gasteiger partial charge in [-0.25, -0.2) is 9.18 Å². The van der Waals surface area contributed by atoms with Crippen molar-refractivity contribution in [2.75, 3.05) is 5.32 Å². The zero-order valence-electron chi connectivity index (χ0n) is 10.8. The van der Waals surface area contributed by atoms with Gasteiger partial charge in [-0.15, -0.1) is 0 Å². The number of anilines is 1. The second-order valence-electron chi connectivity index (χ2n) is 4.78. The monoisotopic (exact) mass is 322 g/mol. The number of halogens is 3. The molecule has 1 aromatic carbocycles. The molecule has 0 aliphatic heterocycles. The summed E-state index contributed by atoms with van der Waals surface area (Å²) >= 11 is 11.5. The number of carbonyl (C=O) groups excluding carboxylic acids is 1. The summed E-state index contributed by atoms with van der Waals surface area (Å²) in [7, 11) is 0. The minimum atomic E-state index is -1.05. The number of amides is 2. The van der Waals surface area contributed by atoms with E-state index < -0.39 is 23.4 Å². The van der Waals surface area contributed by atoms with E-state index >= 15 is 0 Å². The van der Waals surface area contributed by atoms with Gasteiger partial charge >= 0.3 is 12.0 Å². The van der Waals surface area contributed by atoms with Crippen molar-refractivity contribution in [1.29, 1.82) is 0 Å². The number of hydrogen-bond donors (Lipinski definition) is 3. The lowest BCUT2D eigenvalue weighted by molar-refractivity contribution is -0.138. The quantitative estimate of drug-likeness (QED) is 0.793. The SMILES string of the molecule is CC(C)(CC(=O)O)NC(=O)Nc1c(Cl)cc(F)cc1Cl. The van der Waals surface area contributed by atoms with Crippen LogP contribution >= 0.6 is 23.2 Å². The summed E-state index contributed by atoms with van der Waals surface area (Å²) in [5.74, 6) is -1.68. The van der Waals surface area contributed by atoms with Crippen LogP contribution in [0.25, 0.3) is 0 Å². The highest BCUT2D eigenvalue weighted by Crippen LogP contribution is 2.31. The fourth-order valence-electron chi connectivity index (χ4n) is 1.54. The molecule has 0 fully saturated rings. The molecule has 20 heavy (non-hydrogen) atoms. The lowest BCUT2D eigenvalue weighted by Crippen LogP contribution is -2.46. The Morgan fingerprint density at radius 3 is 2.25 bits per heavy atom. The Balaban J connectivity index is 2.79. The van der Waals surface area contributed by atoms with Crippen LogP contribution in [0.15, 0.2) is 12.1 Å². The van der Waals surface area contributed by atoms with Gasteiger partial charge in [0.05, 0.1) is 22.2 Å². The molecule has 0 aliphatic rings. The zero-order valence-corrected chi connectivity index (χ0v) is 12.3. The Bertz CT molecular complexity index is 526. The highest BCUT2D eigenvalue weighted by Gasteiger charge is 2.24. The van der Waals surface area contributed by atoms with Gasteiger partial charge in [-0.1, -0.05) is 23.2 Å². The predicted octanol–water partition coefficient (Wildman–Crippen LogP) is 3.51. The lowest BCUT2D eigenvalue weighted by Gasteiger charge is -2.24. The minimum absolute atomic E-state index is 0.0540. The Hall–Kier alpha value is -1.53. The molecule has 0 spiro atoms. The average molecular weight is 323 g/mol. The first-order valence-electron chi connectivity index (χ1n) is 5.56. The molecule has 8 heteroatoms. The molecule has 3 N–H and O–H groups in total. The number of carboxylic acids is 1. The highest BCUT2D eigenvalue weighted by molar-refractivity contribution is 6.39. The maximum absolute atomic E-state index is 13.0. The van der Waals surface area contributed by atoms with Gasteiger partial charge in [0.15, 0.2) is 0 Å². The third-order valence-electron chi connectivity index (χ3n) is 2.29. The van der Waals surface area contributed by atoms with Crippen LogP contribution < -0.4 is 10.6 Å². The molecule has 0 bridgehead atoms. The summed E-state index contributed by atoms with van der Waals surface area (Å²) in [6.07, 6.45) is -0.259. The maximum atomic E-state index is 13.0. The summed E-state index contributed by atoms with van der Waals surface area (Å²) in [5, 5.41) is 13.4. The van der Waals surface area contributed by atoms with Gasteiger partial charge in [0.2, 0.25) is 0 Å². The smallest absolute Gasteiger partial charge is 0.319 e. The van der Waals surface area contributed by atoms with Crippen LogP contribution in [0.4, 0.5) is 14.9 Å². The summed E-state index contributed by atoms with van der Waals surface area (Å²) < 4.78 is 13.0. The lowest BCUT2D eigenvalue weighted by atomic mass is 10.0. The van der Waals surface area contributed by atoms with Gasteiger partial charge in [0.1, 0.15) is 5.82 Å². The van der Waals surface area contributed by atoms with E-state index in [4.69, 9.17) is 28.3 Å². The van der Waals surface area contributed by atoms with Crippen molar-refractivity contribution in [3.8, 4) is 0 Å². The molecule has 0 aromatic heterocycles. The van der Waals surface area contributed by atoms with Crippen LogP contribution in [0.5, 0.6) is 0 Å². The van der Waals surface area contributed by atoms with E-state index in [1.165, 1.54) is 0 Å². The maximum Gasteiger partial charge on any atom is 0.319 e. The van der Waals surface area contributed by atoms with Crippen molar-refractivity contribution in [2.45, 2.75) is 25.8 Å². The fraction of sp³-hybridized carbons (Fsp3) is 0.333. The zero-order chi connectivity index (χ0) is 15.5. The first-order chi connectivity index (χ1) is 9.10. The van der Waals surface area contributed by atoms with E-state index in [-0.39, 0.29) is 22.2 Å². The normalized spacial score (nSPS) is 11.1. The van der Waals surface area contributed by atoms with E-state index in [0.29, 0.717) is 0 Å². The summed E-state index contributed by atoms with van der Waals surface area (Å²) in [4.78, 5) is 22.4. The van der Waals surface area contributed by atoms with E-state index in [1.54, 1.807) is 13.8 Å². The Morgan fingerprint density at radius 2 is 1.80 bits per heavy atom. The number of carbonyl (C=O) groups is 2. The summed E-state index contributed by atoms with van der Waals surface area (Å²) in [5.41, 5.74) is -0.909. The first kappa shape index (κ1) is 16.5. The molecular formula is C12H13Cl2FN2O3. The molecule has 1 aromatic rings. The number of rotatable bonds is 4. The largest absolute Gasteiger partial charge is 0.481 e. The minimum Gasteiger partial charge on any atom is -0.481 e. The highest BCUT2D eigenvalue weighted by atomic mass is 35.5. The van der Waals surface area contributed by atoms with Crippen molar-refractivity contribution in [1.82, 2.24) is 5.32 Å². The molecule has 0 radical (unpaired) electrons. The topological polar surface area (TPSA) is 78.4 Å². The molecule has 0 saturated carbocycles. The second kappa shape index (κ2) is 6.28. The third kappa shape index (κ3) is 4.86. The number of carboxylic acid groups (broad SMARTS) is 1. The number of hydrogen-bond acceptors (Lipinski definition) is 2. The van der Waals surface area contributed by atoms with Crippen LogP contribution in [-0.2, 0) is 4.79 Å². The van der Waals surface area contributed by atoms with Gasteiger partial charge in [-0.2, -0.15) is 0 Å². The molecule has 0 saturated heterocycles. The van der Waals surface area contributed by atoms with Crippen molar-refractivity contribution in [3.05, 3.63) is 28.0 Å². The Kier molecular flexibility index (Phi) is 5.19. The van der Waals surface area contributed by atoms with E-state index in [2.05, 4.69) is 10.6 Å². The number of benzene rings is 1. The fourth-order valence-corrected chi connectivity index (χ4v) is 2.09. The van der Waals surface area contributed by atoms with Crippen molar-refractivity contribution >= 4 is 40.9 Å². The average Bonchev–Trinajstić information content (AvgIpc) is 2.20. The van der Waals surface area contributed by atoms with Gasteiger partial charge in [-0.3, -0.25) is 4.79 Å². The van der Waals surface area contributed by atoms with E-state index in [9.17, 15) is 14.0 Å². The number of aliphatic carboxylic acids is 1. The molecule has 0 atom stereocenters.